The van der Waals surface area contributed by atoms with Gasteiger partial charge in [-0.15, -0.1) is 0 Å². The zero-order valence-electron chi connectivity index (χ0n) is 11.6. The predicted molar refractivity (Wildman–Crippen MR) is 75.9 cm³/mol. The van der Waals surface area contributed by atoms with Gasteiger partial charge in [0.05, 0.1) is 0 Å². The Morgan fingerprint density at radius 2 is 1.72 bits per heavy atom. The number of aryl methyl sites for hydroxylation is 1. The summed E-state index contributed by atoms with van der Waals surface area (Å²) >= 11 is 0. The number of hydrogen-bond donors (Lipinski definition) is 0. The first-order valence-electron chi connectivity index (χ1n) is 7.34. The van der Waals surface area contributed by atoms with E-state index >= 15 is 0 Å². The van der Waals surface area contributed by atoms with Gasteiger partial charge in [0.15, 0.2) is 5.78 Å². The first kappa shape index (κ1) is 13.3. The molecule has 0 aromatic heterocycles. The molecule has 1 aromatic rings. The minimum atomic E-state index is 0.276. The van der Waals surface area contributed by atoms with E-state index < -0.39 is 0 Å². The number of hydrogen-bond acceptors (Lipinski definition) is 1. The Morgan fingerprint density at radius 1 is 1.11 bits per heavy atom. The summed E-state index contributed by atoms with van der Waals surface area (Å²) in [6.07, 6.45) is 6.85. The largest absolute Gasteiger partial charge is 0.294 e. The van der Waals surface area contributed by atoms with Crippen molar-refractivity contribution in [2.75, 3.05) is 0 Å². The third-order valence-corrected chi connectivity index (χ3v) is 4.16. The Labute approximate surface area is 111 Å². The molecule has 0 heterocycles. The van der Waals surface area contributed by atoms with Gasteiger partial charge in [-0.2, -0.15) is 0 Å². The van der Waals surface area contributed by atoms with Crippen molar-refractivity contribution < 1.29 is 4.79 Å². The number of carbonyl (C=O) groups is 1. The fraction of sp³-hybridized carbons (Fsp3) is 0.588. The van der Waals surface area contributed by atoms with Gasteiger partial charge in [0.1, 0.15) is 0 Å². The summed E-state index contributed by atoms with van der Waals surface area (Å²) in [6.45, 7) is 4.47. The van der Waals surface area contributed by atoms with Crippen LogP contribution in [-0.2, 0) is 6.42 Å². The summed E-state index contributed by atoms with van der Waals surface area (Å²) in [4.78, 5) is 12.4. The fourth-order valence-corrected chi connectivity index (χ4v) is 2.88. The molecule has 0 radical (unpaired) electrons. The fourth-order valence-electron chi connectivity index (χ4n) is 2.88. The third-order valence-electron chi connectivity index (χ3n) is 4.16. The summed E-state index contributed by atoms with van der Waals surface area (Å²) in [5.74, 6) is 1.45. The van der Waals surface area contributed by atoms with E-state index in [4.69, 9.17) is 0 Å². The van der Waals surface area contributed by atoms with Crippen molar-refractivity contribution in [1.29, 1.82) is 0 Å². The highest BCUT2D eigenvalue weighted by atomic mass is 16.1. The van der Waals surface area contributed by atoms with Gasteiger partial charge in [0.2, 0.25) is 0 Å². The maximum Gasteiger partial charge on any atom is 0.165 e. The maximum absolute atomic E-state index is 12.4. The van der Waals surface area contributed by atoms with Crippen molar-refractivity contribution in [3.05, 3.63) is 35.4 Å². The molecule has 1 aliphatic rings. The van der Waals surface area contributed by atoms with E-state index in [9.17, 15) is 4.79 Å². The van der Waals surface area contributed by atoms with Crippen LogP contribution in [0.15, 0.2) is 24.3 Å². The van der Waals surface area contributed by atoms with Crippen LogP contribution in [0.2, 0.25) is 0 Å². The Morgan fingerprint density at radius 3 is 2.28 bits per heavy atom. The number of ketones is 1. The molecule has 0 amide bonds. The lowest BCUT2D eigenvalue weighted by atomic mass is 9.79. The van der Waals surface area contributed by atoms with E-state index in [-0.39, 0.29) is 5.92 Å². The van der Waals surface area contributed by atoms with Crippen LogP contribution in [0.4, 0.5) is 0 Å². The third kappa shape index (κ3) is 3.22. The molecule has 0 bridgehead atoms. The normalized spacial score (nSPS) is 23.9. The molecule has 1 saturated carbocycles. The highest BCUT2D eigenvalue weighted by Gasteiger charge is 2.24. The van der Waals surface area contributed by atoms with Crippen molar-refractivity contribution in [3.63, 3.8) is 0 Å². The summed E-state index contributed by atoms with van der Waals surface area (Å²) in [5, 5.41) is 0. The van der Waals surface area contributed by atoms with Crippen LogP contribution in [0.3, 0.4) is 0 Å². The molecule has 2 rings (SSSR count). The Balaban J connectivity index is 2.00. The second-order valence-corrected chi connectivity index (χ2v) is 5.77. The van der Waals surface area contributed by atoms with Gasteiger partial charge < -0.3 is 0 Å². The average Bonchev–Trinajstić information content (AvgIpc) is 2.40. The highest BCUT2D eigenvalue weighted by Crippen LogP contribution is 2.30. The highest BCUT2D eigenvalue weighted by molar-refractivity contribution is 5.97. The van der Waals surface area contributed by atoms with Gasteiger partial charge in [-0.1, -0.05) is 57.4 Å². The lowest BCUT2D eigenvalue weighted by molar-refractivity contribution is 0.0875. The van der Waals surface area contributed by atoms with Crippen LogP contribution < -0.4 is 0 Å². The van der Waals surface area contributed by atoms with Gasteiger partial charge in [-0.3, -0.25) is 4.79 Å². The summed E-state index contributed by atoms with van der Waals surface area (Å²) in [7, 11) is 0. The van der Waals surface area contributed by atoms with E-state index in [0.29, 0.717) is 5.78 Å². The lowest BCUT2D eigenvalue weighted by Crippen LogP contribution is -2.20. The van der Waals surface area contributed by atoms with Crippen LogP contribution in [0.5, 0.6) is 0 Å². The minimum Gasteiger partial charge on any atom is -0.294 e. The minimum absolute atomic E-state index is 0.276. The summed E-state index contributed by atoms with van der Waals surface area (Å²) < 4.78 is 0. The van der Waals surface area contributed by atoms with Crippen molar-refractivity contribution in [2.24, 2.45) is 11.8 Å². The topological polar surface area (TPSA) is 17.1 Å². The molecule has 98 valence electrons. The zero-order valence-corrected chi connectivity index (χ0v) is 11.6. The quantitative estimate of drug-likeness (QED) is 0.705. The first-order valence-corrected chi connectivity index (χ1v) is 7.34. The maximum atomic E-state index is 12.4. The Bertz CT molecular complexity index is 383. The van der Waals surface area contributed by atoms with Crippen LogP contribution in [0.1, 0.15) is 61.9 Å². The Hall–Kier alpha value is -1.11. The lowest BCUT2D eigenvalue weighted by Gasteiger charge is -2.25. The standard InChI is InChI=1S/C17H24O/c1-3-4-14-7-11-16(12-8-14)17(18)15-9-5-13(2)6-10-15/h7-8,11-13,15H,3-6,9-10H2,1-2H3. The van der Waals surface area contributed by atoms with E-state index in [2.05, 4.69) is 26.0 Å². The van der Waals surface area contributed by atoms with Crippen LogP contribution >= 0.6 is 0 Å². The summed E-state index contributed by atoms with van der Waals surface area (Å²) in [5.41, 5.74) is 2.25. The molecule has 0 aliphatic heterocycles. The monoisotopic (exact) mass is 244 g/mol. The SMILES string of the molecule is CCCc1ccc(C(=O)C2CCC(C)CC2)cc1. The average molecular weight is 244 g/mol. The van der Waals surface area contributed by atoms with Gasteiger partial charge in [0, 0.05) is 11.5 Å². The smallest absolute Gasteiger partial charge is 0.165 e. The van der Waals surface area contributed by atoms with Crippen molar-refractivity contribution in [2.45, 2.75) is 52.4 Å². The molecule has 1 aromatic carbocycles. The van der Waals surface area contributed by atoms with Crippen LogP contribution in [0, 0.1) is 11.8 Å². The van der Waals surface area contributed by atoms with Crippen molar-refractivity contribution >= 4 is 5.78 Å². The predicted octanol–water partition coefficient (Wildman–Crippen LogP) is 4.65. The van der Waals surface area contributed by atoms with Gasteiger partial charge in [0.25, 0.3) is 0 Å². The van der Waals surface area contributed by atoms with E-state index in [1.165, 1.54) is 18.4 Å². The van der Waals surface area contributed by atoms with Crippen LogP contribution in [0.25, 0.3) is 0 Å². The molecule has 1 fully saturated rings. The molecule has 0 spiro atoms. The van der Waals surface area contributed by atoms with Crippen molar-refractivity contribution in [1.82, 2.24) is 0 Å². The molecule has 0 saturated heterocycles. The Kier molecular flexibility index (Phi) is 4.57. The molecular weight excluding hydrogens is 220 g/mol. The molecule has 0 atom stereocenters. The first-order chi connectivity index (χ1) is 8.70. The van der Waals surface area contributed by atoms with E-state index in [1.807, 2.05) is 12.1 Å². The van der Waals surface area contributed by atoms with Gasteiger partial charge in [-0.05, 0) is 30.7 Å². The molecule has 1 heteroatoms. The molecule has 1 aliphatic carbocycles. The molecule has 0 unspecified atom stereocenters. The molecule has 1 nitrogen and oxygen atoms in total. The second-order valence-electron chi connectivity index (χ2n) is 5.77. The number of carbonyl (C=O) groups excluding carboxylic acids is 1. The van der Waals surface area contributed by atoms with E-state index in [1.54, 1.807) is 0 Å². The van der Waals surface area contributed by atoms with Gasteiger partial charge in [-0.25, -0.2) is 0 Å². The zero-order chi connectivity index (χ0) is 13.0. The second kappa shape index (κ2) is 6.17. The summed E-state index contributed by atoms with van der Waals surface area (Å²) in [6, 6.07) is 8.26. The molecule has 0 N–H and O–H groups in total. The van der Waals surface area contributed by atoms with Crippen molar-refractivity contribution in [3.8, 4) is 0 Å². The molecular formula is C17H24O. The molecule has 18 heavy (non-hydrogen) atoms. The van der Waals surface area contributed by atoms with E-state index in [0.717, 1.165) is 37.2 Å². The number of Topliss-reactive ketones (excluding diaryl/α,β-unsaturated/α-hetero) is 1. The van der Waals surface area contributed by atoms with Crippen LogP contribution in [-0.4, -0.2) is 5.78 Å². The number of benzene rings is 1. The van der Waals surface area contributed by atoms with Gasteiger partial charge >= 0.3 is 0 Å². The number of rotatable bonds is 4.